The fraction of sp³-hybridized carbons (Fsp3) is 0.533. The van der Waals surface area contributed by atoms with Crippen LogP contribution in [-0.4, -0.2) is 32.7 Å². The number of rotatable bonds is 7. The summed E-state index contributed by atoms with van der Waals surface area (Å²) < 4.78 is 0. The first-order chi connectivity index (χ1) is 11.1. The monoisotopic (exact) mass is 357 g/mol. The van der Waals surface area contributed by atoms with E-state index in [1.807, 2.05) is 27.7 Å². The van der Waals surface area contributed by atoms with E-state index < -0.39 is 32.2 Å². The minimum atomic E-state index is -0.830. The molecule has 0 N–H and O–H groups in total. The number of hydrogen-bond acceptors (Lipinski definition) is 5. The molecule has 0 saturated heterocycles. The Balaban J connectivity index is 3.50. The van der Waals surface area contributed by atoms with Gasteiger partial charge in [0.05, 0.1) is 15.4 Å². The second kappa shape index (κ2) is 8.05. The van der Waals surface area contributed by atoms with Crippen LogP contribution in [0.25, 0.3) is 0 Å². The third kappa shape index (κ3) is 4.00. The number of nitrogens with zero attached hydrogens (tertiary/aromatic N) is 3. The number of amides is 1. The molecule has 0 fully saturated rings. The average Bonchev–Trinajstić information content (AvgIpc) is 2.53. The largest absolute Gasteiger partial charge is 0.333 e. The number of nitro groups is 2. The summed E-state index contributed by atoms with van der Waals surface area (Å²) in [6.45, 7) is 7.56. The molecule has 0 aliphatic carbocycles. The van der Waals surface area contributed by atoms with Gasteiger partial charge in [0.25, 0.3) is 17.3 Å². The molecule has 0 heterocycles. The molecule has 1 aromatic carbocycles. The Kier molecular flexibility index (Phi) is 6.65. The zero-order valence-corrected chi connectivity index (χ0v) is 14.7. The quantitative estimate of drug-likeness (QED) is 0.537. The molecule has 2 atom stereocenters. The second-order valence-electron chi connectivity index (χ2n) is 5.57. The maximum absolute atomic E-state index is 12.8. The highest BCUT2D eigenvalue weighted by atomic mass is 35.5. The lowest BCUT2D eigenvalue weighted by molar-refractivity contribution is -0.393. The molecule has 2 unspecified atom stereocenters. The van der Waals surface area contributed by atoms with Crippen molar-refractivity contribution in [1.82, 2.24) is 4.90 Å². The second-order valence-corrected chi connectivity index (χ2v) is 5.95. The molecule has 0 aliphatic heterocycles. The van der Waals surface area contributed by atoms with Crippen LogP contribution < -0.4 is 0 Å². The van der Waals surface area contributed by atoms with Gasteiger partial charge in [-0.05, 0) is 26.7 Å². The first-order valence-corrected chi connectivity index (χ1v) is 7.98. The van der Waals surface area contributed by atoms with Gasteiger partial charge in [-0.15, -0.1) is 0 Å². The maximum Gasteiger partial charge on any atom is 0.295 e. The summed E-state index contributed by atoms with van der Waals surface area (Å²) >= 11 is 5.73. The molecule has 0 aliphatic rings. The van der Waals surface area contributed by atoms with Crippen LogP contribution in [0, 0.1) is 20.2 Å². The third-order valence-electron chi connectivity index (χ3n) is 4.04. The summed E-state index contributed by atoms with van der Waals surface area (Å²) in [4.78, 5) is 35.0. The van der Waals surface area contributed by atoms with Gasteiger partial charge in [-0.25, -0.2) is 0 Å². The molecule has 0 bridgehead atoms. The lowest BCUT2D eigenvalue weighted by atomic mass is 10.1. The van der Waals surface area contributed by atoms with Gasteiger partial charge in [-0.3, -0.25) is 25.0 Å². The van der Waals surface area contributed by atoms with E-state index in [9.17, 15) is 25.0 Å². The van der Waals surface area contributed by atoms with Gasteiger partial charge < -0.3 is 4.90 Å². The van der Waals surface area contributed by atoms with E-state index in [-0.39, 0.29) is 17.6 Å². The molecule has 8 nitrogen and oxygen atoms in total. The number of halogens is 1. The Morgan fingerprint density at radius 2 is 1.46 bits per heavy atom. The number of carbonyl (C=O) groups is 1. The molecular weight excluding hydrogens is 338 g/mol. The third-order valence-corrected chi connectivity index (χ3v) is 4.43. The van der Waals surface area contributed by atoms with Crippen molar-refractivity contribution in [3.63, 3.8) is 0 Å². The van der Waals surface area contributed by atoms with Crippen molar-refractivity contribution in [2.24, 2.45) is 0 Å². The molecule has 9 heteroatoms. The summed E-state index contributed by atoms with van der Waals surface area (Å²) in [7, 11) is 0. The van der Waals surface area contributed by atoms with E-state index >= 15 is 0 Å². The Labute approximate surface area is 144 Å². The van der Waals surface area contributed by atoms with E-state index in [4.69, 9.17) is 11.6 Å². The molecule has 1 amide bonds. The molecule has 132 valence electrons. The summed E-state index contributed by atoms with van der Waals surface area (Å²) in [5.41, 5.74) is -1.41. The van der Waals surface area contributed by atoms with E-state index in [1.54, 1.807) is 4.90 Å². The van der Waals surface area contributed by atoms with Gasteiger partial charge in [0.15, 0.2) is 5.02 Å². The van der Waals surface area contributed by atoms with Crippen molar-refractivity contribution < 1.29 is 14.6 Å². The van der Waals surface area contributed by atoms with Gasteiger partial charge in [0, 0.05) is 24.2 Å². The number of carbonyl (C=O) groups excluding carboxylic acids is 1. The highest BCUT2D eigenvalue weighted by Crippen LogP contribution is 2.35. The Hall–Kier alpha value is -2.22. The predicted octanol–water partition coefficient (Wildman–Crippen LogP) is 4.20. The van der Waals surface area contributed by atoms with Gasteiger partial charge >= 0.3 is 0 Å². The zero-order valence-electron chi connectivity index (χ0n) is 14.0. The Bertz CT molecular complexity index is 620. The number of hydrogen-bond donors (Lipinski definition) is 0. The Morgan fingerprint density at radius 1 is 1.08 bits per heavy atom. The molecule has 1 rings (SSSR count). The number of benzene rings is 1. The summed E-state index contributed by atoms with van der Waals surface area (Å²) in [5.74, 6) is -0.485. The smallest absolute Gasteiger partial charge is 0.295 e. The highest BCUT2D eigenvalue weighted by molar-refractivity contribution is 6.35. The van der Waals surface area contributed by atoms with E-state index in [1.165, 1.54) is 0 Å². The van der Waals surface area contributed by atoms with Crippen molar-refractivity contribution in [2.45, 2.75) is 52.6 Å². The fourth-order valence-corrected chi connectivity index (χ4v) is 2.61. The molecule has 0 radical (unpaired) electrons. The van der Waals surface area contributed by atoms with Crippen LogP contribution in [0.5, 0.6) is 0 Å². The van der Waals surface area contributed by atoms with Crippen LogP contribution >= 0.6 is 11.6 Å². The van der Waals surface area contributed by atoms with Gasteiger partial charge in [-0.1, -0.05) is 25.4 Å². The van der Waals surface area contributed by atoms with Crippen molar-refractivity contribution in [3.05, 3.63) is 42.9 Å². The topological polar surface area (TPSA) is 107 Å². The van der Waals surface area contributed by atoms with Crippen molar-refractivity contribution >= 4 is 28.9 Å². The van der Waals surface area contributed by atoms with Crippen LogP contribution in [0.3, 0.4) is 0 Å². The standard InChI is InChI=1S/C15H20ClN3O5/c1-5-9(3)17(10(4)6-2)15(20)11-7-12(18(21)22)14(16)13(8-11)19(23)24/h7-10H,5-6H2,1-4H3. The SMILES string of the molecule is CCC(C)N(C(=O)c1cc([N+](=O)[O-])c(Cl)c([N+](=O)[O-])c1)C(C)CC. The lowest BCUT2D eigenvalue weighted by Gasteiger charge is -2.34. The zero-order chi connectivity index (χ0) is 18.6. The van der Waals surface area contributed by atoms with Crippen molar-refractivity contribution in [2.75, 3.05) is 0 Å². The molecule has 24 heavy (non-hydrogen) atoms. The maximum atomic E-state index is 12.8. The van der Waals surface area contributed by atoms with E-state index in [0.29, 0.717) is 12.8 Å². The first-order valence-electron chi connectivity index (χ1n) is 7.60. The molecular formula is C15H20ClN3O5. The Morgan fingerprint density at radius 3 is 1.75 bits per heavy atom. The number of nitro benzene ring substituents is 2. The molecule has 0 spiro atoms. The fourth-order valence-electron chi connectivity index (χ4n) is 2.36. The highest BCUT2D eigenvalue weighted by Gasteiger charge is 2.31. The molecule has 0 saturated carbocycles. The van der Waals surface area contributed by atoms with Gasteiger partial charge in [0.1, 0.15) is 0 Å². The average molecular weight is 358 g/mol. The molecule has 0 aromatic heterocycles. The van der Waals surface area contributed by atoms with Crippen LogP contribution in [0.4, 0.5) is 11.4 Å². The minimum absolute atomic E-state index is 0.110. The van der Waals surface area contributed by atoms with Crippen LogP contribution in [0.2, 0.25) is 5.02 Å². The summed E-state index contributed by atoms with van der Waals surface area (Å²) in [6, 6.07) is 1.77. The van der Waals surface area contributed by atoms with Gasteiger partial charge in [-0.2, -0.15) is 0 Å². The predicted molar refractivity (Wildman–Crippen MR) is 90.4 cm³/mol. The van der Waals surface area contributed by atoms with E-state index in [0.717, 1.165) is 12.1 Å². The summed E-state index contributed by atoms with van der Waals surface area (Å²) in [6.07, 6.45) is 1.38. The van der Waals surface area contributed by atoms with Crippen molar-refractivity contribution in [3.8, 4) is 0 Å². The van der Waals surface area contributed by atoms with Crippen LogP contribution in [0.15, 0.2) is 12.1 Å². The normalized spacial score (nSPS) is 13.2. The van der Waals surface area contributed by atoms with Gasteiger partial charge in [0.2, 0.25) is 0 Å². The minimum Gasteiger partial charge on any atom is -0.333 e. The summed E-state index contributed by atoms with van der Waals surface area (Å²) in [5, 5.41) is 21.6. The van der Waals surface area contributed by atoms with Crippen molar-refractivity contribution in [1.29, 1.82) is 0 Å². The van der Waals surface area contributed by atoms with E-state index in [2.05, 4.69) is 0 Å². The van der Waals surface area contributed by atoms with Crippen LogP contribution in [0.1, 0.15) is 50.9 Å². The molecule has 1 aromatic rings. The first kappa shape index (κ1) is 19.8. The van der Waals surface area contributed by atoms with Crippen LogP contribution in [-0.2, 0) is 0 Å². The lowest BCUT2D eigenvalue weighted by Crippen LogP contribution is -2.44.